The number of aliphatic hydroxyl groups is 1. The van der Waals surface area contributed by atoms with Gasteiger partial charge in [-0.05, 0) is 123 Å². The number of halogens is 1. The largest absolute Gasteiger partial charge is 0.498 e. The van der Waals surface area contributed by atoms with E-state index in [-0.39, 0.29) is 38.1 Å². The standard InChI is InChI=1S/C26H34N2O6.C18H27IN2O3.C15H21BO5.CH4O/c1-3-5-14-27-24(29)18-28(26(32)33-15-6-4-2)17-20-10-9-11-21(16-20)22-12-7-8-13-23(22)34-19-25(30)31;1-3-5-10-20-17(22)14-21(18(23)24-11-6-4-2)13-15-8-7-9-16(19)12-15;1-14(2)15(3,4)21-16(20-14)11-8-6-7-9-12(11)19-10-13(17)18-5;1-2/h7-13,16H,3-6,14-15,17-19H2,1-2H3,(H,27,29)(H,30,31);7-9,12H,3-6,10-11,13-14H2,1-2H3,(H,20,22);6-9H,10H2,1-5H3;2H,1H3. The van der Waals surface area contributed by atoms with Gasteiger partial charge in [0.1, 0.15) is 24.6 Å². The topological polar surface area (TPSA) is 238 Å². The average molecular weight is 1240 g/mol. The summed E-state index contributed by atoms with van der Waals surface area (Å²) in [6.45, 7) is 17.9. The molecule has 4 aromatic rings. The van der Waals surface area contributed by atoms with E-state index in [0.29, 0.717) is 44.3 Å². The molecule has 1 saturated heterocycles. The number of benzene rings is 4. The number of carbonyl (C=O) groups excluding carboxylic acids is 5. The van der Waals surface area contributed by atoms with Gasteiger partial charge < -0.3 is 53.8 Å². The highest BCUT2D eigenvalue weighted by Crippen LogP contribution is 2.37. The molecule has 5 rings (SSSR count). The molecule has 0 aliphatic carbocycles. The van der Waals surface area contributed by atoms with Crippen LogP contribution in [-0.4, -0.2) is 141 Å². The number of hydrogen-bond acceptors (Lipinski definition) is 14. The number of aliphatic hydroxyl groups excluding tert-OH is 1. The van der Waals surface area contributed by atoms with Crippen LogP contribution in [0.3, 0.4) is 0 Å². The first-order valence-corrected chi connectivity index (χ1v) is 28.6. The SMILES string of the molecule is CCCCNC(=O)CN(Cc1cccc(-c2ccccc2OCC(=O)O)c1)C(=O)OCCCC.CCCCNC(=O)CN(Cc1cccc(I)c1)C(=O)OCCCC.CO.COC(=O)COc1ccccc1B1OC(C)(C)C(C)(C)O1. The number of para-hydroxylation sites is 2. The number of methoxy groups -OCH3 is 1. The van der Waals surface area contributed by atoms with E-state index < -0.39 is 49.1 Å². The molecule has 1 aliphatic rings. The third kappa shape index (κ3) is 26.8. The number of hydrogen-bond donors (Lipinski definition) is 4. The molecule has 21 heteroatoms. The zero-order chi connectivity index (χ0) is 60.2. The van der Waals surface area contributed by atoms with Gasteiger partial charge in [-0.25, -0.2) is 19.2 Å². The minimum atomic E-state index is -1.06. The van der Waals surface area contributed by atoms with Crippen molar-refractivity contribution in [2.24, 2.45) is 0 Å². The zero-order valence-corrected chi connectivity index (χ0v) is 51.2. The molecule has 4 aromatic carbocycles. The Morgan fingerprint density at radius 1 is 0.605 bits per heavy atom. The number of nitrogens with zero attached hydrogens (tertiary/aromatic N) is 2. The number of nitrogens with one attached hydrogen (secondary N) is 2. The molecular weight excluding hydrogens is 1150 g/mol. The molecule has 81 heavy (non-hydrogen) atoms. The Morgan fingerprint density at radius 3 is 1.57 bits per heavy atom. The van der Waals surface area contributed by atoms with Crippen LogP contribution in [0.1, 0.15) is 118 Å². The van der Waals surface area contributed by atoms with Crippen molar-refractivity contribution in [3.63, 3.8) is 0 Å². The summed E-state index contributed by atoms with van der Waals surface area (Å²) in [5.41, 5.74) is 3.25. The summed E-state index contributed by atoms with van der Waals surface area (Å²) >= 11 is 2.23. The molecule has 0 unspecified atom stereocenters. The van der Waals surface area contributed by atoms with Crippen molar-refractivity contribution in [3.05, 3.63) is 112 Å². The Bertz CT molecular complexity index is 2520. The summed E-state index contributed by atoms with van der Waals surface area (Å²) in [5, 5.41) is 21.6. The number of rotatable bonds is 28. The normalized spacial score (nSPS) is 12.5. The van der Waals surface area contributed by atoms with Crippen molar-refractivity contribution in [3.8, 4) is 22.6 Å². The van der Waals surface area contributed by atoms with Gasteiger partial charge >= 0.3 is 31.2 Å². The van der Waals surface area contributed by atoms with Crippen LogP contribution in [0.4, 0.5) is 9.59 Å². The summed E-state index contributed by atoms with van der Waals surface area (Å²) < 4.78 is 39.3. The quantitative estimate of drug-likeness (QED) is 0.0136. The van der Waals surface area contributed by atoms with E-state index >= 15 is 0 Å². The maximum atomic E-state index is 12.7. The van der Waals surface area contributed by atoms with Crippen molar-refractivity contribution in [2.45, 2.75) is 131 Å². The third-order valence-corrected chi connectivity index (χ3v) is 13.1. The van der Waals surface area contributed by atoms with E-state index in [1.807, 2.05) is 127 Å². The van der Waals surface area contributed by atoms with Crippen molar-refractivity contribution < 1.29 is 72.0 Å². The maximum absolute atomic E-state index is 12.7. The van der Waals surface area contributed by atoms with E-state index in [2.05, 4.69) is 44.9 Å². The second-order valence-corrected chi connectivity index (χ2v) is 20.8. The molecular formula is C60H86BIN4O15. The van der Waals surface area contributed by atoms with E-state index in [0.717, 1.165) is 89.8 Å². The summed E-state index contributed by atoms with van der Waals surface area (Å²) in [7, 11) is 1.80. The number of aliphatic carboxylic acids is 1. The molecule has 446 valence electrons. The molecule has 0 spiro atoms. The maximum Gasteiger partial charge on any atom is 0.498 e. The lowest BCUT2D eigenvalue weighted by Gasteiger charge is -2.32. The van der Waals surface area contributed by atoms with Crippen LogP contribution in [0, 0.1) is 3.57 Å². The summed E-state index contributed by atoms with van der Waals surface area (Å²) in [6.07, 6.45) is 6.26. The first-order valence-electron chi connectivity index (χ1n) is 27.5. The van der Waals surface area contributed by atoms with Crippen molar-refractivity contribution in [1.29, 1.82) is 0 Å². The molecule has 0 saturated carbocycles. The van der Waals surface area contributed by atoms with Gasteiger partial charge in [0.05, 0.1) is 31.5 Å². The molecule has 4 N–H and O–H groups in total. The van der Waals surface area contributed by atoms with Crippen molar-refractivity contribution in [2.75, 3.05) is 66.8 Å². The predicted octanol–water partition coefficient (Wildman–Crippen LogP) is 9.56. The van der Waals surface area contributed by atoms with E-state index in [4.69, 9.17) is 38.5 Å². The number of ether oxygens (including phenoxy) is 5. The van der Waals surface area contributed by atoms with Gasteiger partial charge in [0.15, 0.2) is 13.2 Å². The highest BCUT2D eigenvalue weighted by atomic mass is 127. The number of carboxylic acid groups (broad SMARTS) is 1. The van der Waals surface area contributed by atoms with Crippen LogP contribution in [0.5, 0.6) is 11.5 Å². The molecule has 1 aliphatic heterocycles. The fourth-order valence-corrected chi connectivity index (χ4v) is 7.89. The number of carboxylic acids is 1. The number of unbranched alkanes of at least 4 members (excludes halogenated alkanes) is 4. The third-order valence-electron chi connectivity index (χ3n) is 12.4. The van der Waals surface area contributed by atoms with Crippen LogP contribution >= 0.6 is 22.6 Å². The highest BCUT2D eigenvalue weighted by Gasteiger charge is 2.52. The lowest BCUT2D eigenvalue weighted by Crippen LogP contribution is -2.41. The van der Waals surface area contributed by atoms with Crippen LogP contribution in [0.15, 0.2) is 97.1 Å². The van der Waals surface area contributed by atoms with Gasteiger partial charge in [-0.3, -0.25) is 19.4 Å². The molecule has 4 amide bonds. The Kier molecular flexibility index (Phi) is 34.1. The second-order valence-electron chi connectivity index (χ2n) is 19.6. The van der Waals surface area contributed by atoms with Gasteiger partial charge in [0.25, 0.3) is 0 Å². The lowest BCUT2D eigenvalue weighted by molar-refractivity contribution is -0.143. The van der Waals surface area contributed by atoms with Gasteiger partial charge in [0, 0.05) is 47.9 Å². The van der Waals surface area contributed by atoms with E-state index in [9.17, 15) is 28.8 Å². The lowest BCUT2D eigenvalue weighted by atomic mass is 9.78. The molecule has 0 bridgehead atoms. The Morgan fingerprint density at radius 2 is 1.07 bits per heavy atom. The van der Waals surface area contributed by atoms with Crippen LogP contribution in [0.25, 0.3) is 11.1 Å². The van der Waals surface area contributed by atoms with E-state index in [1.165, 1.54) is 16.9 Å². The van der Waals surface area contributed by atoms with Gasteiger partial charge in [-0.2, -0.15) is 0 Å². The number of carbonyl (C=O) groups is 6. The minimum absolute atomic E-state index is 0.0140. The molecule has 0 aromatic heterocycles. The summed E-state index contributed by atoms with van der Waals surface area (Å²) in [4.78, 5) is 74.4. The Labute approximate surface area is 493 Å². The fraction of sp³-hybridized carbons (Fsp3) is 0.500. The Balaban J connectivity index is 0.000000422. The first kappa shape index (κ1) is 70.7. The average Bonchev–Trinajstić information content (AvgIpc) is 3.96. The number of esters is 1. The van der Waals surface area contributed by atoms with Crippen LogP contribution < -0.4 is 25.6 Å². The van der Waals surface area contributed by atoms with Gasteiger partial charge in [-0.1, -0.05) is 120 Å². The summed E-state index contributed by atoms with van der Waals surface area (Å²) in [6, 6.07) is 29.9. The monoisotopic (exact) mass is 1240 g/mol. The molecule has 0 radical (unpaired) electrons. The van der Waals surface area contributed by atoms with Crippen molar-refractivity contribution >= 4 is 71.1 Å². The molecule has 1 heterocycles. The smallest absolute Gasteiger partial charge is 0.482 e. The second kappa shape index (κ2) is 39.1. The highest BCUT2D eigenvalue weighted by molar-refractivity contribution is 14.1. The Hall–Kier alpha value is -6.43. The van der Waals surface area contributed by atoms with Crippen LogP contribution in [-0.2, 0) is 55.8 Å². The predicted molar refractivity (Wildman–Crippen MR) is 321 cm³/mol. The molecule has 19 nitrogen and oxygen atoms in total. The van der Waals surface area contributed by atoms with Crippen LogP contribution in [0.2, 0.25) is 0 Å². The summed E-state index contributed by atoms with van der Waals surface area (Å²) in [5.74, 6) is -0.864. The van der Waals surface area contributed by atoms with Gasteiger partial charge in [0.2, 0.25) is 11.8 Å². The molecule has 1 fully saturated rings. The van der Waals surface area contributed by atoms with Crippen molar-refractivity contribution in [1.82, 2.24) is 20.4 Å². The van der Waals surface area contributed by atoms with E-state index in [1.54, 1.807) is 18.2 Å². The van der Waals surface area contributed by atoms with Gasteiger partial charge in [-0.15, -0.1) is 0 Å². The number of amides is 4. The fourth-order valence-electron chi connectivity index (χ4n) is 7.28. The zero-order valence-electron chi connectivity index (χ0n) is 49.0. The molecule has 0 atom stereocenters. The first-order chi connectivity index (χ1) is 38.8. The minimum Gasteiger partial charge on any atom is -0.482 e.